The zero-order chi connectivity index (χ0) is 19.2. The number of aliphatic hydroxyl groups excluding tert-OH is 1. The van der Waals surface area contributed by atoms with Crippen LogP contribution in [0.15, 0.2) is 61.1 Å². The van der Waals surface area contributed by atoms with Crippen LogP contribution in [0.2, 0.25) is 0 Å². The molecule has 0 aromatic heterocycles. The third kappa shape index (κ3) is 2.89. The third-order valence-electron chi connectivity index (χ3n) is 3.79. The Labute approximate surface area is 157 Å². The smallest absolute Gasteiger partial charge is 0.234 e. The average Bonchev–Trinajstić information content (AvgIpc) is 2.56. The summed E-state index contributed by atoms with van der Waals surface area (Å²) in [5.41, 5.74) is 0.861. The lowest BCUT2D eigenvalue weighted by atomic mass is 10.1. The number of sulfone groups is 1. The molecule has 7 nitrogen and oxygen atoms in total. The minimum absolute atomic E-state index is 0.126. The monoisotopic (exact) mass is 437 g/mol. The van der Waals surface area contributed by atoms with Crippen molar-refractivity contribution in [2.75, 3.05) is 0 Å². The van der Waals surface area contributed by atoms with Gasteiger partial charge in [-0.25, -0.2) is 13.4 Å². The number of rotatable bonds is 1. The number of hydrogen-bond acceptors (Lipinski definition) is 7. The number of carbonyl (C=O) groups excluding carboxylic acids is 1. The molecule has 26 heavy (non-hydrogen) atoms. The van der Waals surface area contributed by atoms with Gasteiger partial charge in [-0.3, -0.25) is 4.79 Å². The summed E-state index contributed by atoms with van der Waals surface area (Å²) in [6, 6.07) is 1.41. The van der Waals surface area contributed by atoms with E-state index in [9.17, 15) is 28.5 Å². The fourth-order valence-corrected chi connectivity index (χ4v) is 4.37. The van der Waals surface area contributed by atoms with Crippen LogP contribution in [0.4, 0.5) is 0 Å². The van der Waals surface area contributed by atoms with E-state index in [0.717, 1.165) is 0 Å². The summed E-state index contributed by atoms with van der Waals surface area (Å²) in [5, 5.41) is 29.1. The van der Waals surface area contributed by atoms with E-state index < -0.39 is 37.8 Å². The number of allylic oxidation sites excluding steroid dienone is 6. The van der Waals surface area contributed by atoms with Crippen LogP contribution in [0, 0.1) is 6.92 Å². The first-order valence-corrected chi connectivity index (χ1v) is 9.49. The van der Waals surface area contributed by atoms with E-state index in [1.54, 1.807) is 0 Å². The molecule has 1 aromatic carbocycles. The van der Waals surface area contributed by atoms with Gasteiger partial charge in [0.1, 0.15) is 4.90 Å². The lowest BCUT2D eigenvalue weighted by Crippen LogP contribution is -2.12. The van der Waals surface area contributed by atoms with Crippen LogP contribution in [0.3, 0.4) is 0 Å². The maximum Gasteiger partial charge on any atom is 0.234 e. The molecule has 0 saturated carbocycles. The molecule has 2 aliphatic rings. The van der Waals surface area contributed by atoms with Gasteiger partial charge in [0.05, 0.1) is 4.48 Å². The number of aliphatic imine (C=N–C) groups is 1. The number of aromatic hydroxyl groups is 2. The molecule has 1 aliphatic carbocycles. The molecule has 0 unspecified atom stereocenters. The highest BCUT2D eigenvalue weighted by Gasteiger charge is 2.32. The second-order valence-electron chi connectivity index (χ2n) is 5.59. The van der Waals surface area contributed by atoms with Crippen LogP contribution >= 0.6 is 15.9 Å². The number of fused-ring (bicyclic) bond motifs is 1. The number of phenols is 2. The largest absolute Gasteiger partial charge is 0.504 e. The van der Waals surface area contributed by atoms with Crippen LogP contribution in [-0.2, 0) is 14.6 Å². The molecule has 1 heterocycles. The molecule has 0 bridgehead atoms. The summed E-state index contributed by atoms with van der Waals surface area (Å²) in [4.78, 5) is 14.9. The topological polar surface area (TPSA) is 124 Å². The highest BCUT2D eigenvalue weighted by Crippen LogP contribution is 2.41. The van der Waals surface area contributed by atoms with E-state index in [1.807, 2.05) is 0 Å². The fraction of sp³-hybridized carbons (Fsp3) is 0.0588. The van der Waals surface area contributed by atoms with Crippen molar-refractivity contribution in [1.82, 2.24) is 0 Å². The van der Waals surface area contributed by atoms with Crippen LogP contribution < -0.4 is 0 Å². The molecule has 0 spiro atoms. The number of benzene rings is 1. The van der Waals surface area contributed by atoms with E-state index in [-0.39, 0.29) is 15.1 Å². The molecule has 134 valence electrons. The second-order valence-corrected chi connectivity index (χ2v) is 8.28. The molecule has 0 radical (unpaired) electrons. The second kappa shape index (κ2) is 6.26. The SMILES string of the molecule is Cc1cc2c(c(O)c1O)S(=O)(=O)C(=CC=C1C=C(O)C(=O)C(Br)=C1)N=C2. The van der Waals surface area contributed by atoms with Crippen LogP contribution in [-0.4, -0.2) is 35.7 Å². The Kier molecular flexibility index (Phi) is 4.37. The first-order chi connectivity index (χ1) is 12.1. The number of aryl methyl sites for hydroxylation is 1. The van der Waals surface area contributed by atoms with Crippen molar-refractivity contribution in [2.45, 2.75) is 11.8 Å². The minimum Gasteiger partial charge on any atom is -0.504 e. The molecular formula is C17H12BrNO6S. The van der Waals surface area contributed by atoms with Gasteiger partial charge < -0.3 is 15.3 Å². The lowest BCUT2D eigenvalue weighted by Gasteiger charge is -2.16. The van der Waals surface area contributed by atoms with Crippen molar-refractivity contribution in [3.05, 3.63) is 62.3 Å². The highest BCUT2D eigenvalue weighted by molar-refractivity contribution is 9.12. The molecule has 1 aliphatic heterocycles. The molecule has 0 amide bonds. The number of aliphatic hydroxyl groups is 1. The van der Waals surface area contributed by atoms with E-state index in [4.69, 9.17) is 0 Å². The van der Waals surface area contributed by atoms with Crippen LogP contribution in [0.5, 0.6) is 11.5 Å². The molecule has 1 aromatic rings. The number of halogens is 1. The zero-order valence-electron chi connectivity index (χ0n) is 13.3. The van der Waals surface area contributed by atoms with Gasteiger partial charge in [0.25, 0.3) is 0 Å². The number of hydrogen-bond donors (Lipinski definition) is 3. The number of nitrogens with zero attached hydrogens (tertiary/aromatic N) is 1. The van der Waals surface area contributed by atoms with Crippen molar-refractivity contribution < 1.29 is 28.5 Å². The van der Waals surface area contributed by atoms with E-state index in [2.05, 4.69) is 20.9 Å². The summed E-state index contributed by atoms with van der Waals surface area (Å²) in [6.45, 7) is 1.53. The quantitative estimate of drug-likeness (QED) is 0.580. The molecule has 0 fully saturated rings. The molecule has 0 saturated heterocycles. The lowest BCUT2D eigenvalue weighted by molar-refractivity contribution is -0.113. The van der Waals surface area contributed by atoms with Crippen LogP contribution in [0.25, 0.3) is 0 Å². The number of ketones is 1. The first kappa shape index (κ1) is 18.2. The Balaban J connectivity index is 2.11. The Morgan fingerprint density at radius 1 is 1.12 bits per heavy atom. The van der Waals surface area contributed by atoms with Gasteiger partial charge in [-0.1, -0.05) is 6.08 Å². The minimum atomic E-state index is -4.17. The third-order valence-corrected chi connectivity index (χ3v) is 6.13. The van der Waals surface area contributed by atoms with Crippen molar-refractivity contribution in [3.8, 4) is 11.5 Å². The van der Waals surface area contributed by atoms with Gasteiger partial charge in [0.15, 0.2) is 22.3 Å². The number of carbonyl (C=O) groups is 1. The highest BCUT2D eigenvalue weighted by atomic mass is 79.9. The van der Waals surface area contributed by atoms with E-state index in [0.29, 0.717) is 11.1 Å². The molecule has 3 N–H and O–H groups in total. The summed E-state index contributed by atoms with van der Waals surface area (Å²) in [6.07, 6.45) is 6.40. The Bertz CT molecular complexity index is 1080. The number of Topliss-reactive ketones (excluding diaryl/α,β-unsaturated/α-hetero) is 1. The Hall–Kier alpha value is -2.65. The average molecular weight is 438 g/mol. The van der Waals surface area contributed by atoms with Crippen molar-refractivity contribution in [3.63, 3.8) is 0 Å². The van der Waals surface area contributed by atoms with Gasteiger partial charge in [0, 0.05) is 11.8 Å². The molecular weight excluding hydrogens is 426 g/mol. The van der Waals surface area contributed by atoms with Crippen molar-refractivity contribution in [1.29, 1.82) is 0 Å². The maximum atomic E-state index is 12.7. The summed E-state index contributed by atoms with van der Waals surface area (Å²) < 4.78 is 25.6. The summed E-state index contributed by atoms with van der Waals surface area (Å²) in [7, 11) is -4.17. The summed E-state index contributed by atoms with van der Waals surface area (Å²) in [5.74, 6) is -2.30. The van der Waals surface area contributed by atoms with Gasteiger partial charge in [-0.05, 0) is 58.3 Å². The Morgan fingerprint density at radius 2 is 1.81 bits per heavy atom. The standard InChI is InChI=1S/C17H12BrNO6S/c1-8-4-10-7-19-13(26(24,25)17(10)16(23)14(8)21)3-2-9-5-11(18)15(22)12(20)6-9/h2-7,20-21,23H,1H3. The van der Waals surface area contributed by atoms with Crippen LogP contribution in [0.1, 0.15) is 11.1 Å². The predicted molar refractivity (Wildman–Crippen MR) is 98.2 cm³/mol. The first-order valence-electron chi connectivity index (χ1n) is 7.22. The predicted octanol–water partition coefficient (Wildman–Crippen LogP) is 2.68. The van der Waals surface area contributed by atoms with Gasteiger partial charge >= 0.3 is 0 Å². The van der Waals surface area contributed by atoms with Gasteiger partial charge in [0.2, 0.25) is 15.6 Å². The van der Waals surface area contributed by atoms with Crippen molar-refractivity contribution in [2.24, 2.45) is 4.99 Å². The zero-order valence-corrected chi connectivity index (χ0v) is 15.7. The molecule has 3 rings (SSSR count). The van der Waals surface area contributed by atoms with Crippen molar-refractivity contribution >= 4 is 37.8 Å². The van der Waals surface area contributed by atoms with Gasteiger partial charge in [-0.15, -0.1) is 0 Å². The van der Waals surface area contributed by atoms with Gasteiger partial charge in [-0.2, -0.15) is 0 Å². The normalized spacial score (nSPS) is 21.5. The Morgan fingerprint density at radius 3 is 2.46 bits per heavy atom. The molecule has 9 heteroatoms. The maximum absolute atomic E-state index is 12.7. The van der Waals surface area contributed by atoms with E-state index in [1.165, 1.54) is 43.5 Å². The number of phenolic OH excluding ortho intramolecular Hbond substituents is 2. The fourth-order valence-electron chi connectivity index (χ4n) is 2.48. The summed E-state index contributed by atoms with van der Waals surface area (Å²) >= 11 is 3.01. The molecule has 0 atom stereocenters. The van der Waals surface area contributed by atoms with E-state index >= 15 is 0 Å².